The van der Waals surface area contributed by atoms with Crippen LogP contribution in [0, 0.1) is 5.82 Å². The molecule has 210 valence electrons. The third-order valence-electron chi connectivity index (χ3n) is 7.03. The number of alkyl halides is 1. The van der Waals surface area contributed by atoms with Crippen molar-refractivity contribution in [2.45, 2.75) is 38.6 Å². The number of rotatable bonds is 8. The summed E-state index contributed by atoms with van der Waals surface area (Å²) in [7, 11) is 0. The van der Waals surface area contributed by atoms with E-state index in [1.54, 1.807) is 35.0 Å². The van der Waals surface area contributed by atoms with Crippen molar-refractivity contribution in [1.82, 2.24) is 24.8 Å². The van der Waals surface area contributed by atoms with E-state index in [-0.39, 0.29) is 48.2 Å². The maximum Gasteiger partial charge on any atom is 0.243 e. The Kier molecular flexibility index (Phi) is 7.89. The Morgan fingerprint density at radius 2 is 1.90 bits per heavy atom. The van der Waals surface area contributed by atoms with Gasteiger partial charge in [0.1, 0.15) is 24.6 Å². The zero-order valence-corrected chi connectivity index (χ0v) is 22.6. The molecule has 9 nitrogen and oxygen atoms in total. The maximum atomic E-state index is 14.4. The number of benzene rings is 2. The van der Waals surface area contributed by atoms with Gasteiger partial charge in [0.25, 0.3) is 0 Å². The predicted octanol–water partition coefficient (Wildman–Crippen LogP) is 4.16. The summed E-state index contributed by atoms with van der Waals surface area (Å²) in [6, 6.07) is 8.61. The van der Waals surface area contributed by atoms with Gasteiger partial charge in [0, 0.05) is 59.1 Å². The number of Topliss-reactive ketones (excluding diaryl/α,β-unsaturated/α-hetero) is 1. The topological polar surface area (TPSA) is 114 Å². The van der Waals surface area contributed by atoms with Gasteiger partial charge in [-0.2, -0.15) is 0 Å². The number of halogens is 3. The van der Waals surface area contributed by atoms with Gasteiger partial charge in [-0.15, -0.1) is 0 Å². The van der Waals surface area contributed by atoms with Crippen LogP contribution in [-0.2, 0) is 22.7 Å². The van der Waals surface area contributed by atoms with Crippen molar-refractivity contribution in [2.75, 3.05) is 6.54 Å². The summed E-state index contributed by atoms with van der Waals surface area (Å²) in [6.45, 7) is 0.741. The molecule has 1 aliphatic rings. The fourth-order valence-corrected chi connectivity index (χ4v) is 5.16. The van der Waals surface area contributed by atoms with Crippen molar-refractivity contribution in [1.29, 1.82) is 0 Å². The second kappa shape index (κ2) is 11.5. The molecule has 2 aromatic heterocycles. The van der Waals surface area contributed by atoms with Gasteiger partial charge < -0.3 is 14.8 Å². The van der Waals surface area contributed by atoms with E-state index in [9.17, 15) is 28.0 Å². The minimum atomic E-state index is -1.40. The van der Waals surface area contributed by atoms with Crippen molar-refractivity contribution in [3.05, 3.63) is 82.8 Å². The Morgan fingerprint density at radius 1 is 1.15 bits per heavy atom. The first-order valence-electron chi connectivity index (χ1n) is 12.7. The number of hydrogen-bond acceptors (Lipinski definition) is 6. The molecule has 0 bridgehead atoms. The lowest BCUT2D eigenvalue weighted by Crippen LogP contribution is -2.46. The first kappa shape index (κ1) is 28.0. The average molecular weight is 580 g/mol. The number of nitrogens with zero attached hydrogens (tertiary/aromatic N) is 4. The number of fused-ring (bicyclic) bond motifs is 1. The minimum Gasteiger partial charge on any atom is -0.350 e. The maximum absolute atomic E-state index is 14.4. The van der Waals surface area contributed by atoms with E-state index in [1.165, 1.54) is 36.4 Å². The number of aromatic nitrogens is 3. The number of carbonyl (C=O) groups is 4. The Hall–Kier alpha value is -4.51. The van der Waals surface area contributed by atoms with Gasteiger partial charge in [0.2, 0.25) is 11.8 Å². The Balaban J connectivity index is 1.36. The van der Waals surface area contributed by atoms with Crippen molar-refractivity contribution in [3.8, 4) is 11.1 Å². The van der Waals surface area contributed by atoms with Gasteiger partial charge in [-0.25, -0.2) is 18.7 Å². The molecule has 1 fully saturated rings. The molecular weight excluding hydrogens is 556 g/mol. The van der Waals surface area contributed by atoms with E-state index in [2.05, 4.69) is 15.3 Å². The highest BCUT2D eigenvalue weighted by atomic mass is 35.5. The molecule has 0 saturated carbocycles. The number of aldehydes is 1. The molecule has 0 spiro atoms. The summed E-state index contributed by atoms with van der Waals surface area (Å²) in [5, 5.41) is 3.08. The summed E-state index contributed by atoms with van der Waals surface area (Å²) in [4.78, 5) is 58.8. The largest absolute Gasteiger partial charge is 0.350 e. The molecule has 2 amide bonds. The number of likely N-dealkylation sites (tertiary alicyclic amines) is 1. The second-order valence-electron chi connectivity index (χ2n) is 9.73. The lowest BCUT2D eigenvalue weighted by Gasteiger charge is -2.24. The Bertz CT molecular complexity index is 1670. The molecule has 2 atom stereocenters. The highest BCUT2D eigenvalue weighted by molar-refractivity contribution is 6.30. The molecule has 2 aromatic carbocycles. The van der Waals surface area contributed by atoms with Gasteiger partial charge in [-0.1, -0.05) is 29.8 Å². The van der Waals surface area contributed by atoms with Gasteiger partial charge in [-0.05, 0) is 30.7 Å². The molecule has 0 aliphatic carbocycles. The molecule has 1 aliphatic heterocycles. The lowest BCUT2D eigenvalue weighted by atomic mass is 10.0. The molecule has 1 saturated heterocycles. The van der Waals surface area contributed by atoms with E-state index < -0.39 is 29.8 Å². The van der Waals surface area contributed by atoms with Crippen molar-refractivity contribution >= 4 is 46.4 Å². The molecule has 0 unspecified atom stereocenters. The van der Waals surface area contributed by atoms with E-state index in [0.717, 1.165) is 0 Å². The molecule has 5 rings (SSSR count). The molecule has 4 aromatic rings. The highest BCUT2D eigenvalue weighted by Crippen LogP contribution is 2.29. The smallest absolute Gasteiger partial charge is 0.243 e. The summed E-state index contributed by atoms with van der Waals surface area (Å²) in [5.74, 6) is -1.95. The molecule has 3 heterocycles. The second-order valence-corrected chi connectivity index (χ2v) is 10.1. The summed E-state index contributed by atoms with van der Waals surface area (Å²) >= 11 is 5.80. The van der Waals surface area contributed by atoms with E-state index in [4.69, 9.17) is 11.6 Å². The number of ketones is 1. The van der Waals surface area contributed by atoms with Crippen LogP contribution in [-0.4, -0.2) is 62.1 Å². The Morgan fingerprint density at radius 3 is 2.61 bits per heavy atom. The van der Waals surface area contributed by atoms with Crippen LogP contribution >= 0.6 is 11.6 Å². The van der Waals surface area contributed by atoms with Gasteiger partial charge in [-0.3, -0.25) is 19.2 Å². The number of carbonyl (C=O) groups excluding carboxylic acids is 4. The first-order chi connectivity index (χ1) is 19.7. The standard InChI is InChI=1S/C29H24ClF2N5O4/c1-16(39)22-13-36(24-6-5-17(7-21(22)24)19-10-33-26(15-38)34-11-19)14-27(40)37-12-20(31)8-25(37)29(41)35-9-18-3-2-4-23(30)28(18)32/h2-7,10-11,13,15,20,25H,8-9,12,14H2,1H3,(H,35,41)/t20-,25+/m1/s1. The van der Waals surface area contributed by atoms with E-state index in [1.807, 2.05) is 0 Å². The van der Waals surface area contributed by atoms with Crippen LogP contribution in [0.2, 0.25) is 5.02 Å². The van der Waals surface area contributed by atoms with Gasteiger partial charge >= 0.3 is 0 Å². The van der Waals surface area contributed by atoms with Crippen LogP contribution in [0.1, 0.15) is 39.9 Å². The predicted molar refractivity (Wildman–Crippen MR) is 147 cm³/mol. The number of nitrogens with one attached hydrogen (secondary N) is 1. The fourth-order valence-electron chi connectivity index (χ4n) is 4.97. The number of amides is 2. The normalized spacial score (nSPS) is 16.6. The zero-order chi connectivity index (χ0) is 29.3. The van der Waals surface area contributed by atoms with Crippen LogP contribution in [0.3, 0.4) is 0 Å². The van der Waals surface area contributed by atoms with Crippen LogP contribution in [0.25, 0.3) is 22.0 Å². The molecular formula is C29H24ClF2N5O4. The van der Waals surface area contributed by atoms with Crippen LogP contribution in [0.4, 0.5) is 8.78 Å². The average Bonchev–Trinajstić information content (AvgIpc) is 3.54. The third kappa shape index (κ3) is 5.71. The van der Waals surface area contributed by atoms with Gasteiger partial charge in [0.05, 0.1) is 11.6 Å². The van der Waals surface area contributed by atoms with Crippen LogP contribution < -0.4 is 5.32 Å². The summed E-state index contributed by atoms with van der Waals surface area (Å²) in [5.41, 5.74) is 2.47. The summed E-state index contributed by atoms with van der Waals surface area (Å²) in [6.07, 6.45) is 3.51. The van der Waals surface area contributed by atoms with Crippen LogP contribution in [0.5, 0.6) is 0 Å². The van der Waals surface area contributed by atoms with Gasteiger partial charge in [0.15, 0.2) is 17.9 Å². The van der Waals surface area contributed by atoms with Crippen molar-refractivity contribution in [2.24, 2.45) is 0 Å². The zero-order valence-electron chi connectivity index (χ0n) is 21.8. The summed E-state index contributed by atoms with van der Waals surface area (Å²) < 4.78 is 30.3. The highest BCUT2D eigenvalue weighted by Gasteiger charge is 2.39. The van der Waals surface area contributed by atoms with Crippen molar-refractivity contribution < 1.29 is 28.0 Å². The molecule has 41 heavy (non-hydrogen) atoms. The van der Waals surface area contributed by atoms with Crippen LogP contribution in [0.15, 0.2) is 55.0 Å². The first-order valence-corrected chi connectivity index (χ1v) is 13.1. The molecule has 0 radical (unpaired) electrons. The quantitative estimate of drug-likeness (QED) is 0.248. The number of hydrogen-bond donors (Lipinski definition) is 1. The van der Waals surface area contributed by atoms with E-state index in [0.29, 0.717) is 33.9 Å². The minimum absolute atomic E-state index is 0.0463. The van der Waals surface area contributed by atoms with Crippen molar-refractivity contribution in [3.63, 3.8) is 0 Å². The third-order valence-corrected chi connectivity index (χ3v) is 7.33. The molecule has 1 N–H and O–H groups in total. The van der Waals surface area contributed by atoms with E-state index >= 15 is 0 Å². The molecule has 12 heteroatoms. The fraction of sp³-hybridized carbons (Fsp3) is 0.241. The Labute approximate surface area is 238 Å². The monoisotopic (exact) mass is 579 g/mol. The SMILES string of the molecule is CC(=O)c1cn(CC(=O)N2C[C@H](F)C[C@H]2C(=O)NCc2cccc(Cl)c2F)c2ccc(-c3cnc(C=O)nc3)cc12. The lowest BCUT2D eigenvalue weighted by molar-refractivity contribution is -0.139.